The minimum absolute atomic E-state index is 0. The summed E-state index contributed by atoms with van der Waals surface area (Å²) < 4.78 is 40.2. The van der Waals surface area contributed by atoms with Gasteiger partial charge in [-0.25, -0.2) is 13.8 Å². The van der Waals surface area contributed by atoms with Crippen molar-refractivity contribution in [1.82, 2.24) is 9.55 Å². The molecule has 0 saturated carbocycles. The molecule has 0 spiro atoms. The van der Waals surface area contributed by atoms with Gasteiger partial charge in [0, 0.05) is 35.9 Å². The van der Waals surface area contributed by atoms with Crippen molar-refractivity contribution in [2.75, 3.05) is 17.7 Å². The van der Waals surface area contributed by atoms with Crippen LogP contribution in [0.3, 0.4) is 0 Å². The van der Waals surface area contributed by atoms with Crippen molar-refractivity contribution in [3.8, 4) is 22.9 Å². The smallest absolute Gasteiger partial charge is 0.271 e. The molecule has 0 fully saturated rings. The lowest BCUT2D eigenvalue weighted by Crippen LogP contribution is -2.29. The van der Waals surface area contributed by atoms with Crippen molar-refractivity contribution in [3.63, 3.8) is 0 Å². The summed E-state index contributed by atoms with van der Waals surface area (Å²) in [5.41, 5.74) is 5.04. The van der Waals surface area contributed by atoms with Gasteiger partial charge in [0.2, 0.25) is 0 Å². The lowest BCUT2D eigenvalue weighted by atomic mass is 10.2. The fourth-order valence-electron chi connectivity index (χ4n) is 3.30. The zero-order valence-electron chi connectivity index (χ0n) is 19.2. The molecule has 0 saturated heterocycles. The summed E-state index contributed by atoms with van der Waals surface area (Å²) in [5, 5.41) is 2.52. The van der Waals surface area contributed by atoms with E-state index in [1.807, 2.05) is 0 Å². The minimum atomic E-state index is -0.821. The summed E-state index contributed by atoms with van der Waals surface area (Å²) in [4.78, 5) is 30.1. The van der Waals surface area contributed by atoms with E-state index in [4.69, 9.17) is 26.8 Å². The average molecular weight is 549 g/mol. The van der Waals surface area contributed by atoms with Crippen molar-refractivity contribution in [2.24, 2.45) is 0 Å². The van der Waals surface area contributed by atoms with Crippen molar-refractivity contribution in [1.29, 1.82) is 0 Å². The monoisotopic (exact) mass is 548 g/mol. The molecule has 3 N–H and O–H groups in total. The molecule has 0 unspecified atom stereocenters. The molecular weight excluding hydrogens is 529 g/mol. The maximum absolute atomic E-state index is 14.7. The molecule has 0 aliphatic rings. The van der Waals surface area contributed by atoms with Gasteiger partial charge < -0.3 is 20.5 Å². The van der Waals surface area contributed by atoms with Gasteiger partial charge in [0.25, 0.3) is 11.5 Å². The Morgan fingerprint density at radius 2 is 1.81 bits per heavy atom. The summed E-state index contributed by atoms with van der Waals surface area (Å²) in [6, 6.07) is 11.7. The second kappa shape index (κ2) is 11.7. The lowest BCUT2D eigenvalue weighted by Gasteiger charge is -2.14. The fraction of sp³-hybridized carbons (Fsp3) is 0.0800. The standard InChI is InChI=1S/C25H19ClF2N4O4.ClH/c1-2-35-19-10-12-32(16-6-3-14(27)4-7-16)25(34)21(19)24(33)31-15-5-8-18(17(28)13-15)36-20-9-11-30-23(29)22(20)26;/h3-13H,2H2,1H3,(H2,29,30)(H,31,33);1H. The second-order valence-corrected chi connectivity index (χ2v) is 7.73. The number of aromatic nitrogens is 2. The molecule has 2 heterocycles. The molecule has 2 aromatic carbocycles. The van der Waals surface area contributed by atoms with E-state index < -0.39 is 23.1 Å². The first-order chi connectivity index (χ1) is 17.3. The van der Waals surface area contributed by atoms with Crippen LogP contribution < -0.4 is 26.1 Å². The number of rotatable bonds is 7. The summed E-state index contributed by atoms with van der Waals surface area (Å²) >= 11 is 6.03. The van der Waals surface area contributed by atoms with Crippen LogP contribution in [-0.2, 0) is 0 Å². The molecule has 0 atom stereocenters. The maximum atomic E-state index is 14.7. The highest BCUT2D eigenvalue weighted by Crippen LogP contribution is 2.34. The first-order valence-corrected chi connectivity index (χ1v) is 11.0. The average Bonchev–Trinajstić information content (AvgIpc) is 2.84. The summed E-state index contributed by atoms with van der Waals surface area (Å²) in [7, 11) is 0. The molecule has 0 radical (unpaired) electrons. The van der Waals surface area contributed by atoms with Gasteiger partial charge in [0.05, 0.1) is 6.61 Å². The molecule has 4 aromatic rings. The summed E-state index contributed by atoms with van der Waals surface area (Å²) in [6.45, 7) is 1.90. The molecule has 2 aromatic heterocycles. The van der Waals surface area contributed by atoms with Crippen LogP contribution in [0.15, 0.2) is 71.8 Å². The van der Waals surface area contributed by atoms with Gasteiger partial charge in [-0.3, -0.25) is 14.2 Å². The maximum Gasteiger partial charge on any atom is 0.271 e. The van der Waals surface area contributed by atoms with E-state index in [-0.39, 0.29) is 58.4 Å². The Labute approximate surface area is 221 Å². The van der Waals surface area contributed by atoms with E-state index >= 15 is 0 Å². The van der Waals surface area contributed by atoms with Crippen LogP contribution in [0.1, 0.15) is 17.3 Å². The summed E-state index contributed by atoms with van der Waals surface area (Å²) in [6.07, 6.45) is 2.78. The number of anilines is 2. The Bertz CT molecular complexity index is 1500. The highest BCUT2D eigenvalue weighted by Gasteiger charge is 2.21. The number of nitrogens with two attached hydrogens (primary N) is 1. The van der Waals surface area contributed by atoms with Gasteiger partial charge in [-0.2, -0.15) is 0 Å². The highest BCUT2D eigenvalue weighted by atomic mass is 35.5. The number of hydrogen-bond acceptors (Lipinski definition) is 6. The molecule has 8 nitrogen and oxygen atoms in total. The molecule has 0 aliphatic carbocycles. The first kappa shape index (κ1) is 27.4. The number of carbonyl (C=O) groups is 1. The number of hydrogen-bond donors (Lipinski definition) is 2. The van der Waals surface area contributed by atoms with E-state index in [2.05, 4.69) is 10.3 Å². The van der Waals surface area contributed by atoms with E-state index in [0.29, 0.717) is 5.69 Å². The number of ether oxygens (including phenoxy) is 2. The first-order valence-electron chi connectivity index (χ1n) is 10.6. The predicted octanol–water partition coefficient (Wildman–Crippen LogP) is 5.61. The number of nitrogens with zero attached hydrogens (tertiary/aromatic N) is 2. The normalized spacial score (nSPS) is 10.4. The number of pyridine rings is 2. The van der Waals surface area contributed by atoms with Gasteiger partial charge in [-0.05, 0) is 49.4 Å². The van der Waals surface area contributed by atoms with Crippen LogP contribution in [0, 0.1) is 11.6 Å². The Kier molecular flexibility index (Phi) is 8.69. The molecule has 1 amide bonds. The molecule has 0 aliphatic heterocycles. The molecule has 12 heteroatoms. The fourth-order valence-corrected chi connectivity index (χ4v) is 3.45. The van der Waals surface area contributed by atoms with Crippen molar-refractivity contribution in [3.05, 3.63) is 99.6 Å². The summed E-state index contributed by atoms with van der Waals surface area (Å²) in [5.74, 6) is -2.10. The van der Waals surface area contributed by atoms with Crippen molar-refractivity contribution < 1.29 is 23.0 Å². The van der Waals surface area contributed by atoms with Crippen LogP contribution in [0.4, 0.5) is 20.3 Å². The Morgan fingerprint density at radius 3 is 2.49 bits per heavy atom. The number of amides is 1. The van der Waals surface area contributed by atoms with Gasteiger partial charge in [-0.15, -0.1) is 12.4 Å². The topological polar surface area (TPSA) is 108 Å². The highest BCUT2D eigenvalue weighted by molar-refractivity contribution is 6.34. The number of halogens is 4. The zero-order valence-corrected chi connectivity index (χ0v) is 20.8. The quantitative estimate of drug-likeness (QED) is 0.310. The van der Waals surface area contributed by atoms with Crippen LogP contribution in [0.5, 0.6) is 17.2 Å². The van der Waals surface area contributed by atoms with E-state index in [1.165, 1.54) is 65.5 Å². The number of carbonyl (C=O) groups excluding carboxylic acids is 1. The molecular formula is C25H20Cl2F2N4O4. The largest absolute Gasteiger partial charge is 0.493 e. The van der Waals surface area contributed by atoms with E-state index in [1.54, 1.807) is 6.92 Å². The second-order valence-electron chi connectivity index (χ2n) is 7.35. The Hall–Kier alpha value is -4.15. The van der Waals surface area contributed by atoms with Gasteiger partial charge in [0.15, 0.2) is 17.3 Å². The van der Waals surface area contributed by atoms with Crippen molar-refractivity contribution >= 4 is 41.4 Å². The van der Waals surface area contributed by atoms with Crippen LogP contribution in [0.2, 0.25) is 5.02 Å². The Balaban J connectivity index is 0.00000380. The SMILES string of the molecule is CCOc1ccn(-c2ccc(F)cc2)c(=O)c1C(=O)Nc1ccc(Oc2ccnc(N)c2Cl)c(F)c1.Cl. The van der Waals surface area contributed by atoms with Crippen LogP contribution in [0.25, 0.3) is 5.69 Å². The molecule has 37 heavy (non-hydrogen) atoms. The lowest BCUT2D eigenvalue weighted by molar-refractivity contribution is 0.102. The number of benzene rings is 2. The van der Waals surface area contributed by atoms with Gasteiger partial charge in [-0.1, -0.05) is 11.6 Å². The number of nitrogen functional groups attached to an aromatic ring is 1. The third kappa shape index (κ3) is 5.99. The van der Waals surface area contributed by atoms with E-state index in [9.17, 15) is 18.4 Å². The van der Waals surface area contributed by atoms with Crippen molar-refractivity contribution in [2.45, 2.75) is 6.92 Å². The van der Waals surface area contributed by atoms with Gasteiger partial charge in [0.1, 0.15) is 28.0 Å². The van der Waals surface area contributed by atoms with Gasteiger partial charge >= 0.3 is 0 Å². The van der Waals surface area contributed by atoms with E-state index in [0.717, 1.165) is 6.07 Å². The third-order valence-electron chi connectivity index (χ3n) is 4.98. The zero-order chi connectivity index (χ0) is 25.8. The molecule has 0 bridgehead atoms. The number of nitrogens with one attached hydrogen (secondary N) is 1. The predicted molar refractivity (Wildman–Crippen MR) is 139 cm³/mol. The molecule has 192 valence electrons. The van der Waals surface area contributed by atoms with Crippen LogP contribution >= 0.6 is 24.0 Å². The third-order valence-corrected chi connectivity index (χ3v) is 5.36. The minimum Gasteiger partial charge on any atom is -0.493 e. The van der Waals surface area contributed by atoms with Crippen LogP contribution in [-0.4, -0.2) is 22.1 Å². The Morgan fingerprint density at radius 1 is 1.08 bits per heavy atom. The molecule has 4 rings (SSSR count).